The lowest BCUT2D eigenvalue weighted by molar-refractivity contribution is 0.0184. The van der Waals surface area contributed by atoms with Crippen molar-refractivity contribution in [3.05, 3.63) is 29.8 Å². The van der Waals surface area contributed by atoms with Crippen LogP contribution in [0, 0.1) is 5.41 Å². The van der Waals surface area contributed by atoms with E-state index in [4.69, 9.17) is 4.74 Å². The van der Waals surface area contributed by atoms with Crippen molar-refractivity contribution < 1.29 is 4.74 Å². The molecule has 1 fully saturated rings. The summed E-state index contributed by atoms with van der Waals surface area (Å²) in [6.07, 6.45) is 4.87. The topological polar surface area (TPSA) is 24.5 Å². The van der Waals surface area contributed by atoms with Gasteiger partial charge < -0.3 is 15.0 Å². The molecule has 3 nitrogen and oxygen atoms in total. The van der Waals surface area contributed by atoms with Gasteiger partial charge in [-0.25, -0.2) is 0 Å². The van der Waals surface area contributed by atoms with Crippen LogP contribution in [0.1, 0.15) is 31.7 Å². The van der Waals surface area contributed by atoms with Crippen LogP contribution in [0.5, 0.6) is 0 Å². The van der Waals surface area contributed by atoms with Gasteiger partial charge in [0.2, 0.25) is 0 Å². The first-order valence-corrected chi connectivity index (χ1v) is 8.44. The summed E-state index contributed by atoms with van der Waals surface area (Å²) in [6, 6.07) is 8.94. The highest BCUT2D eigenvalue weighted by molar-refractivity contribution is 5.55. The van der Waals surface area contributed by atoms with E-state index in [9.17, 15) is 0 Å². The fourth-order valence-corrected chi connectivity index (χ4v) is 3.77. The van der Waals surface area contributed by atoms with Crippen molar-refractivity contribution in [2.45, 2.75) is 32.6 Å². The summed E-state index contributed by atoms with van der Waals surface area (Å²) in [5.74, 6) is 0. The molecule has 1 aromatic carbocycles. The first kappa shape index (κ1) is 14.9. The largest absolute Gasteiger partial charge is 0.381 e. The number of nitrogens with one attached hydrogen (secondary N) is 1. The standard InChI is InChI=1S/C18H28N2O/c1-2-19-14-18(9-12-21-13-10-18)15-20-11-5-7-16-6-3-4-8-17(16)20/h3-4,6,8,19H,2,5,7,9-15H2,1H3. The zero-order valence-electron chi connectivity index (χ0n) is 13.2. The lowest BCUT2D eigenvalue weighted by atomic mass is 9.79. The minimum Gasteiger partial charge on any atom is -0.381 e. The molecule has 0 bridgehead atoms. The molecule has 2 heterocycles. The van der Waals surface area contributed by atoms with Gasteiger partial charge in [-0.1, -0.05) is 25.1 Å². The van der Waals surface area contributed by atoms with E-state index < -0.39 is 0 Å². The summed E-state index contributed by atoms with van der Waals surface area (Å²) in [7, 11) is 0. The normalized spacial score (nSPS) is 21.1. The number of rotatable bonds is 5. The molecule has 1 aromatic rings. The third-order valence-corrected chi connectivity index (χ3v) is 5.04. The average molecular weight is 288 g/mol. The molecule has 0 atom stereocenters. The second kappa shape index (κ2) is 6.80. The molecular weight excluding hydrogens is 260 g/mol. The van der Waals surface area contributed by atoms with E-state index in [-0.39, 0.29) is 0 Å². The third kappa shape index (κ3) is 3.41. The fraction of sp³-hybridized carbons (Fsp3) is 0.667. The number of anilines is 1. The van der Waals surface area contributed by atoms with Gasteiger partial charge in [0.25, 0.3) is 0 Å². The number of para-hydroxylation sites is 1. The molecule has 0 radical (unpaired) electrons. The Morgan fingerprint density at radius 3 is 2.86 bits per heavy atom. The highest BCUT2D eigenvalue weighted by Crippen LogP contribution is 2.35. The second-order valence-electron chi connectivity index (χ2n) is 6.55. The molecule has 116 valence electrons. The molecule has 21 heavy (non-hydrogen) atoms. The van der Waals surface area contributed by atoms with Crippen molar-refractivity contribution in [1.82, 2.24) is 5.32 Å². The maximum Gasteiger partial charge on any atom is 0.0472 e. The molecular formula is C18H28N2O. The number of fused-ring (bicyclic) bond motifs is 1. The van der Waals surface area contributed by atoms with Gasteiger partial charge in [-0.15, -0.1) is 0 Å². The van der Waals surface area contributed by atoms with Gasteiger partial charge in [-0.2, -0.15) is 0 Å². The molecule has 0 amide bonds. The third-order valence-electron chi connectivity index (χ3n) is 5.04. The summed E-state index contributed by atoms with van der Waals surface area (Å²) in [4.78, 5) is 2.63. The molecule has 3 heteroatoms. The molecule has 0 unspecified atom stereocenters. The Bertz CT molecular complexity index is 454. The summed E-state index contributed by atoms with van der Waals surface area (Å²) in [6.45, 7) is 8.57. The number of aryl methyl sites for hydroxylation is 1. The van der Waals surface area contributed by atoms with E-state index >= 15 is 0 Å². The molecule has 0 saturated carbocycles. The van der Waals surface area contributed by atoms with Gasteiger partial charge in [0.15, 0.2) is 0 Å². The maximum atomic E-state index is 5.62. The SMILES string of the molecule is CCNCC1(CN2CCCc3ccccc32)CCOCC1. The molecule has 2 aliphatic heterocycles. The number of hydrogen-bond acceptors (Lipinski definition) is 3. The van der Waals surface area contributed by atoms with Crippen molar-refractivity contribution in [3.63, 3.8) is 0 Å². The van der Waals surface area contributed by atoms with Gasteiger partial charge in [0.1, 0.15) is 0 Å². The van der Waals surface area contributed by atoms with Crippen molar-refractivity contribution in [3.8, 4) is 0 Å². The Hall–Kier alpha value is -1.06. The smallest absolute Gasteiger partial charge is 0.0472 e. The quantitative estimate of drug-likeness (QED) is 0.901. The van der Waals surface area contributed by atoms with Crippen LogP contribution < -0.4 is 10.2 Å². The van der Waals surface area contributed by atoms with Crippen molar-refractivity contribution in [2.24, 2.45) is 5.41 Å². The highest BCUT2D eigenvalue weighted by Gasteiger charge is 2.35. The summed E-state index contributed by atoms with van der Waals surface area (Å²) in [5, 5.41) is 3.59. The van der Waals surface area contributed by atoms with Crippen molar-refractivity contribution in [1.29, 1.82) is 0 Å². The lowest BCUT2D eigenvalue weighted by Gasteiger charge is -2.43. The summed E-state index contributed by atoms with van der Waals surface area (Å²) < 4.78 is 5.62. The van der Waals surface area contributed by atoms with Gasteiger partial charge >= 0.3 is 0 Å². The highest BCUT2D eigenvalue weighted by atomic mass is 16.5. The minimum absolute atomic E-state index is 0.374. The Balaban J connectivity index is 1.76. The lowest BCUT2D eigenvalue weighted by Crippen LogP contribution is -2.48. The van der Waals surface area contributed by atoms with Crippen molar-refractivity contribution in [2.75, 3.05) is 44.3 Å². The molecule has 0 spiro atoms. The van der Waals surface area contributed by atoms with E-state index in [0.717, 1.165) is 26.3 Å². The predicted octanol–water partition coefficient (Wildman–Crippen LogP) is 2.85. The van der Waals surface area contributed by atoms with Crippen LogP contribution in [-0.2, 0) is 11.2 Å². The minimum atomic E-state index is 0.374. The Morgan fingerprint density at radius 2 is 2.05 bits per heavy atom. The van der Waals surface area contributed by atoms with Crippen LogP contribution in [0.25, 0.3) is 0 Å². The van der Waals surface area contributed by atoms with Crippen LogP contribution in [0.15, 0.2) is 24.3 Å². The summed E-state index contributed by atoms with van der Waals surface area (Å²) >= 11 is 0. The Morgan fingerprint density at radius 1 is 1.24 bits per heavy atom. The number of ether oxygens (including phenoxy) is 1. The van der Waals surface area contributed by atoms with E-state index in [0.29, 0.717) is 5.41 Å². The van der Waals surface area contributed by atoms with Crippen LogP contribution in [0.3, 0.4) is 0 Å². The van der Waals surface area contributed by atoms with Crippen LogP contribution in [-0.4, -0.2) is 39.4 Å². The molecule has 1 saturated heterocycles. The molecule has 2 aliphatic rings. The van der Waals surface area contributed by atoms with E-state index in [1.165, 1.54) is 50.0 Å². The van der Waals surface area contributed by atoms with E-state index in [2.05, 4.69) is 41.4 Å². The van der Waals surface area contributed by atoms with Crippen molar-refractivity contribution >= 4 is 5.69 Å². The Kier molecular flexibility index (Phi) is 4.81. The molecule has 0 aliphatic carbocycles. The monoisotopic (exact) mass is 288 g/mol. The first-order chi connectivity index (χ1) is 10.3. The van der Waals surface area contributed by atoms with Gasteiger partial charge in [0, 0.05) is 44.0 Å². The van der Waals surface area contributed by atoms with Gasteiger partial charge in [-0.05, 0) is 43.9 Å². The van der Waals surface area contributed by atoms with Crippen LogP contribution in [0.4, 0.5) is 5.69 Å². The van der Waals surface area contributed by atoms with E-state index in [1.807, 2.05) is 0 Å². The summed E-state index contributed by atoms with van der Waals surface area (Å²) in [5.41, 5.74) is 3.36. The molecule has 3 rings (SSSR count). The average Bonchev–Trinajstić information content (AvgIpc) is 2.54. The first-order valence-electron chi connectivity index (χ1n) is 8.44. The number of benzene rings is 1. The zero-order chi connectivity index (χ0) is 14.5. The fourth-order valence-electron chi connectivity index (χ4n) is 3.77. The second-order valence-corrected chi connectivity index (χ2v) is 6.55. The zero-order valence-corrected chi connectivity index (χ0v) is 13.2. The van der Waals surface area contributed by atoms with Gasteiger partial charge in [-0.3, -0.25) is 0 Å². The van der Waals surface area contributed by atoms with Gasteiger partial charge in [0.05, 0.1) is 0 Å². The molecule has 0 aromatic heterocycles. The number of nitrogens with zero attached hydrogens (tertiary/aromatic N) is 1. The number of hydrogen-bond donors (Lipinski definition) is 1. The van der Waals surface area contributed by atoms with Crippen LogP contribution >= 0.6 is 0 Å². The predicted molar refractivity (Wildman–Crippen MR) is 88.0 cm³/mol. The van der Waals surface area contributed by atoms with E-state index in [1.54, 1.807) is 0 Å². The maximum absolute atomic E-state index is 5.62. The molecule has 1 N–H and O–H groups in total. The van der Waals surface area contributed by atoms with Crippen LogP contribution in [0.2, 0.25) is 0 Å². The Labute approximate surface area is 128 Å².